The molecule has 1 heterocycles. The highest BCUT2D eigenvalue weighted by molar-refractivity contribution is 7.98. The summed E-state index contributed by atoms with van der Waals surface area (Å²) in [4.78, 5) is 3.04. The second kappa shape index (κ2) is 5.96. The number of rotatable bonds is 5. The first-order valence-electron chi connectivity index (χ1n) is 6.01. The van der Waals surface area contributed by atoms with Gasteiger partial charge in [-0.3, -0.25) is 0 Å². The molecule has 19 heavy (non-hydrogen) atoms. The highest BCUT2D eigenvalue weighted by atomic mass is 32.2. The molecule has 0 spiro atoms. The van der Waals surface area contributed by atoms with Crippen LogP contribution in [0.4, 0.5) is 4.39 Å². The van der Waals surface area contributed by atoms with Crippen LogP contribution in [0.2, 0.25) is 0 Å². The van der Waals surface area contributed by atoms with Gasteiger partial charge in [-0.2, -0.15) is 11.8 Å². The van der Waals surface area contributed by atoms with E-state index in [4.69, 9.17) is 17.0 Å². The largest absolute Gasteiger partial charge is 0.494 e. The monoisotopic (exact) mass is 300 g/mol. The topological polar surface area (TPSA) is 29.9 Å². The number of nitrogens with one attached hydrogen (secondary N) is 1. The number of thioether (sulfide) groups is 1. The minimum Gasteiger partial charge on any atom is -0.494 e. The fourth-order valence-electron chi connectivity index (χ4n) is 2.14. The molecule has 1 unspecified atom stereocenters. The number of aromatic amines is 1. The molecule has 0 aliphatic heterocycles. The first kappa shape index (κ1) is 14.4. The number of methoxy groups -OCH3 is 1. The predicted molar refractivity (Wildman–Crippen MR) is 81.2 cm³/mol. The van der Waals surface area contributed by atoms with Gasteiger partial charge in [0.05, 0.1) is 18.1 Å². The molecule has 0 bridgehead atoms. The van der Waals surface area contributed by atoms with Crippen LogP contribution in [-0.4, -0.2) is 28.7 Å². The number of fused-ring (bicyclic) bond motifs is 1. The number of ether oxygens (including phenoxy) is 1. The smallest absolute Gasteiger partial charge is 0.178 e. The van der Waals surface area contributed by atoms with Gasteiger partial charge in [-0.15, -0.1) is 0 Å². The third-order valence-electron chi connectivity index (χ3n) is 2.99. The van der Waals surface area contributed by atoms with Crippen LogP contribution in [0.5, 0.6) is 5.75 Å². The first-order chi connectivity index (χ1) is 9.06. The Kier molecular flexibility index (Phi) is 4.52. The van der Waals surface area contributed by atoms with Gasteiger partial charge in [-0.25, -0.2) is 4.39 Å². The predicted octanol–water partition coefficient (Wildman–Crippen LogP) is 3.85. The van der Waals surface area contributed by atoms with E-state index in [1.807, 2.05) is 16.3 Å². The molecule has 0 aliphatic rings. The molecule has 3 nitrogen and oxygen atoms in total. The van der Waals surface area contributed by atoms with Gasteiger partial charge < -0.3 is 14.3 Å². The lowest BCUT2D eigenvalue weighted by Gasteiger charge is -2.12. The Morgan fingerprint density at radius 1 is 1.53 bits per heavy atom. The molecule has 0 aliphatic carbocycles. The number of hydrogen-bond acceptors (Lipinski definition) is 3. The molecule has 2 aromatic rings. The summed E-state index contributed by atoms with van der Waals surface area (Å²) in [7, 11) is 1.46. The minimum absolute atomic E-state index is 0.243. The summed E-state index contributed by atoms with van der Waals surface area (Å²) in [6.45, 7) is 2.99. The maximum atomic E-state index is 13.7. The van der Waals surface area contributed by atoms with E-state index in [2.05, 4.69) is 18.2 Å². The van der Waals surface area contributed by atoms with Crippen LogP contribution in [0.15, 0.2) is 12.1 Å². The standard InChI is InChI=1S/C13H17FN2OS2/c1-8(7-19-3)6-16-11-5-12(17-2)9(14)4-10(11)15-13(16)18/h4-5,8H,6-7H2,1-3H3,(H,15,18). The second-order valence-electron chi connectivity index (χ2n) is 4.61. The van der Waals surface area contributed by atoms with E-state index >= 15 is 0 Å². The zero-order valence-electron chi connectivity index (χ0n) is 11.2. The van der Waals surface area contributed by atoms with Gasteiger partial charge in [0, 0.05) is 18.7 Å². The minimum atomic E-state index is -0.379. The molecule has 1 N–H and O–H groups in total. The van der Waals surface area contributed by atoms with Crippen LogP contribution in [0, 0.1) is 16.5 Å². The van der Waals surface area contributed by atoms with Gasteiger partial charge in [-0.1, -0.05) is 6.92 Å². The Bertz CT molecular complexity index is 635. The van der Waals surface area contributed by atoms with Crippen molar-refractivity contribution >= 4 is 35.0 Å². The van der Waals surface area contributed by atoms with E-state index in [9.17, 15) is 4.39 Å². The molecule has 1 aromatic carbocycles. The highest BCUT2D eigenvalue weighted by Gasteiger charge is 2.12. The lowest BCUT2D eigenvalue weighted by molar-refractivity contribution is 0.387. The summed E-state index contributed by atoms with van der Waals surface area (Å²) in [6.07, 6.45) is 2.09. The maximum Gasteiger partial charge on any atom is 0.178 e. The summed E-state index contributed by atoms with van der Waals surface area (Å²) in [5.74, 6) is 1.42. The number of benzene rings is 1. The molecule has 0 radical (unpaired) electrons. The molecule has 1 aromatic heterocycles. The molecule has 104 valence electrons. The van der Waals surface area contributed by atoms with Gasteiger partial charge in [-0.05, 0) is 30.1 Å². The third kappa shape index (κ3) is 2.95. The molecule has 0 saturated carbocycles. The summed E-state index contributed by atoms with van der Waals surface area (Å²) < 4.78 is 21.3. The van der Waals surface area contributed by atoms with Crippen molar-refractivity contribution in [3.63, 3.8) is 0 Å². The molecular weight excluding hydrogens is 283 g/mol. The summed E-state index contributed by atoms with van der Waals surface area (Å²) >= 11 is 7.13. The van der Waals surface area contributed by atoms with Gasteiger partial charge in [0.1, 0.15) is 0 Å². The van der Waals surface area contributed by atoms with E-state index in [-0.39, 0.29) is 11.6 Å². The number of H-pyrrole nitrogens is 1. The van der Waals surface area contributed by atoms with Crippen molar-refractivity contribution in [1.29, 1.82) is 0 Å². The fourth-order valence-corrected chi connectivity index (χ4v) is 3.10. The Morgan fingerprint density at radius 2 is 2.26 bits per heavy atom. The molecule has 2 rings (SSSR count). The first-order valence-corrected chi connectivity index (χ1v) is 7.82. The number of hydrogen-bond donors (Lipinski definition) is 1. The maximum absolute atomic E-state index is 13.7. The second-order valence-corrected chi connectivity index (χ2v) is 5.90. The van der Waals surface area contributed by atoms with Crippen molar-refractivity contribution in [3.8, 4) is 5.75 Å². The lowest BCUT2D eigenvalue weighted by Crippen LogP contribution is -2.09. The van der Waals surface area contributed by atoms with E-state index < -0.39 is 0 Å². The summed E-state index contributed by atoms with van der Waals surface area (Å²) in [5, 5.41) is 0. The molecule has 6 heteroatoms. The van der Waals surface area contributed by atoms with E-state index in [1.54, 1.807) is 6.07 Å². The van der Waals surface area contributed by atoms with Crippen LogP contribution >= 0.6 is 24.0 Å². The van der Waals surface area contributed by atoms with Gasteiger partial charge in [0.15, 0.2) is 16.3 Å². The zero-order chi connectivity index (χ0) is 14.0. The highest BCUT2D eigenvalue weighted by Crippen LogP contribution is 2.25. The average molecular weight is 300 g/mol. The number of aromatic nitrogens is 2. The van der Waals surface area contributed by atoms with E-state index in [1.165, 1.54) is 13.2 Å². The molecule has 0 amide bonds. The van der Waals surface area contributed by atoms with Crippen LogP contribution in [0.1, 0.15) is 6.92 Å². The van der Waals surface area contributed by atoms with Crippen molar-refractivity contribution < 1.29 is 9.13 Å². The normalized spacial score (nSPS) is 12.8. The average Bonchev–Trinajstić information content (AvgIpc) is 2.64. The fraction of sp³-hybridized carbons (Fsp3) is 0.462. The molecule has 0 fully saturated rings. The summed E-state index contributed by atoms with van der Waals surface area (Å²) in [6, 6.07) is 3.13. The van der Waals surface area contributed by atoms with Crippen molar-refractivity contribution in [2.45, 2.75) is 13.5 Å². The zero-order valence-corrected chi connectivity index (χ0v) is 12.8. The molecular formula is C13H17FN2OS2. The van der Waals surface area contributed by atoms with Gasteiger partial charge in [0.25, 0.3) is 0 Å². The number of imidazole rings is 1. The number of nitrogens with zero attached hydrogens (tertiary/aromatic N) is 1. The van der Waals surface area contributed by atoms with Gasteiger partial charge >= 0.3 is 0 Å². The Morgan fingerprint density at radius 3 is 2.89 bits per heavy atom. The number of halogens is 1. The van der Waals surface area contributed by atoms with Crippen LogP contribution in [0.25, 0.3) is 11.0 Å². The molecule has 1 atom stereocenters. The van der Waals surface area contributed by atoms with Crippen molar-refractivity contribution in [1.82, 2.24) is 9.55 Å². The van der Waals surface area contributed by atoms with Crippen molar-refractivity contribution in [3.05, 3.63) is 22.7 Å². The quantitative estimate of drug-likeness (QED) is 0.851. The van der Waals surface area contributed by atoms with Crippen LogP contribution in [0.3, 0.4) is 0 Å². The lowest BCUT2D eigenvalue weighted by atomic mass is 10.2. The van der Waals surface area contributed by atoms with Crippen LogP contribution in [-0.2, 0) is 6.54 Å². The molecule has 0 saturated heterocycles. The van der Waals surface area contributed by atoms with Crippen LogP contribution < -0.4 is 4.74 Å². The van der Waals surface area contributed by atoms with Crippen molar-refractivity contribution in [2.24, 2.45) is 5.92 Å². The summed E-state index contributed by atoms with van der Waals surface area (Å²) in [5.41, 5.74) is 1.59. The Balaban J connectivity index is 2.48. The SMILES string of the molecule is COc1cc2c(cc1F)[nH]c(=S)n2CC(C)CSC. The van der Waals surface area contributed by atoms with Crippen molar-refractivity contribution in [2.75, 3.05) is 19.1 Å². The third-order valence-corrected chi connectivity index (χ3v) is 4.22. The Labute approximate surface area is 121 Å². The van der Waals surface area contributed by atoms with E-state index in [0.29, 0.717) is 16.2 Å². The van der Waals surface area contributed by atoms with Gasteiger partial charge in [0.2, 0.25) is 0 Å². The van der Waals surface area contributed by atoms with E-state index in [0.717, 1.165) is 17.8 Å². The Hall–Kier alpha value is -1.01.